The van der Waals surface area contributed by atoms with Gasteiger partial charge < -0.3 is 5.32 Å². The van der Waals surface area contributed by atoms with Crippen LogP contribution >= 0.6 is 0 Å². The number of amides is 1. The Morgan fingerprint density at radius 2 is 1.72 bits per heavy atom. The highest BCUT2D eigenvalue weighted by atomic mass is 32.2. The number of sulfone groups is 1. The number of carbonyl (C=O) groups excluding carboxylic acids is 1. The Labute approximate surface area is 169 Å². The van der Waals surface area contributed by atoms with Crippen molar-refractivity contribution in [1.82, 2.24) is 19.7 Å². The topological polar surface area (TPSA) is 107 Å². The third-order valence-electron chi connectivity index (χ3n) is 4.48. The molecule has 152 valence electrons. The maximum Gasteiger partial charge on any atom is 0.251 e. The van der Waals surface area contributed by atoms with Gasteiger partial charge in [0.1, 0.15) is 0 Å². The maximum atomic E-state index is 12.6. The molecule has 0 saturated carbocycles. The van der Waals surface area contributed by atoms with Crippen LogP contribution in [0.4, 0.5) is 5.69 Å². The number of aryl methyl sites for hydroxylation is 3. The SMILES string of the molecule is Cc1cc(C)nc(-n2nc(C)c(CC(=O)Nc3cccc(S(C)(=O)=O)c3)c2C)n1. The van der Waals surface area contributed by atoms with Gasteiger partial charge in [-0.05, 0) is 52.0 Å². The van der Waals surface area contributed by atoms with E-state index in [1.54, 1.807) is 16.8 Å². The molecular formula is C20H23N5O3S. The molecule has 29 heavy (non-hydrogen) atoms. The molecule has 0 saturated heterocycles. The standard InChI is InChI=1S/C20H23N5O3S/c1-12-9-13(2)22-20(21-12)25-15(4)18(14(3)24-25)11-19(26)23-16-7-6-8-17(10-16)29(5,27)28/h6-10H,11H2,1-5H3,(H,23,26). The van der Waals surface area contributed by atoms with E-state index in [1.165, 1.54) is 12.1 Å². The fourth-order valence-corrected chi connectivity index (χ4v) is 3.76. The molecule has 3 rings (SSSR count). The minimum Gasteiger partial charge on any atom is -0.326 e. The van der Waals surface area contributed by atoms with Gasteiger partial charge in [0, 0.05) is 34.6 Å². The highest BCUT2D eigenvalue weighted by molar-refractivity contribution is 7.90. The van der Waals surface area contributed by atoms with Crippen LogP contribution < -0.4 is 5.32 Å². The van der Waals surface area contributed by atoms with E-state index in [0.29, 0.717) is 17.3 Å². The molecule has 0 fully saturated rings. The van der Waals surface area contributed by atoms with E-state index in [4.69, 9.17) is 0 Å². The van der Waals surface area contributed by atoms with E-state index in [0.717, 1.165) is 28.9 Å². The van der Waals surface area contributed by atoms with Crippen molar-refractivity contribution in [2.45, 2.75) is 39.0 Å². The number of hydrogen-bond donors (Lipinski definition) is 1. The summed E-state index contributed by atoms with van der Waals surface area (Å²) in [6.45, 7) is 7.48. The van der Waals surface area contributed by atoms with Gasteiger partial charge in [0.15, 0.2) is 9.84 Å². The van der Waals surface area contributed by atoms with Crippen LogP contribution in [0.5, 0.6) is 0 Å². The van der Waals surface area contributed by atoms with Gasteiger partial charge in [0.25, 0.3) is 5.95 Å². The second kappa shape index (κ2) is 7.75. The molecule has 0 atom stereocenters. The average Bonchev–Trinajstić information content (AvgIpc) is 2.88. The fraction of sp³-hybridized carbons (Fsp3) is 0.300. The predicted octanol–water partition coefficient (Wildman–Crippen LogP) is 2.48. The lowest BCUT2D eigenvalue weighted by Crippen LogP contribution is -2.16. The number of hydrogen-bond acceptors (Lipinski definition) is 6. The molecule has 9 heteroatoms. The molecule has 0 bridgehead atoms. The number of nitrogens with zero attached hydrogens (tertiary/aromatic N) is 4. The lowest BCUT2D eigenvalue weighted by atomic mass is 10.1. The summed E-state index contributed by atoms with van der Waals surface area (Å²) < 4.78 is 25.0. The maximum absolute atomic E-state index is 12.6. The number of aromatic nitrogens is 4. The second-order valence-corrected chi connectivity index (χ2v) is 9.05. The minimum absolute atomic E-state index is 0.103. The second-order valence-electron chi connectivity index (χ2n) is 7.04. The van der Waals surface area contributed by atoms with Crippen molar-refractivity contribution in [2.75, 3.05) is 11.6 Å². The van der Waals surface area contributed by atoms with Crippen LogP contribution in [0.25, 0.3) is 5.95 Å². The Kier molecular flexibility index (Phi) is 5.52. The molecule has 1 amide bonds. The molecular weight excluding hydrogens is 390 g/mol. The number of anilines is 1. The number of rotatable bonds is 5. The molecule has 0 spiro atoms. The summed E-state index contributed by atoms with van der Waals surface area (Å²) in [6, 6.07) is 8.07. The number of nitrogens with one attached hydrogen (secondary N) is 1. The largest absolute Gasteiger partial charge is 0.326 e. The van der Waals surface area contributed by atoms with Gasteiger partial charge in [-0.1, -0.05) is 6.07 Å². The molecule has 1 N–H and O–H groups in total. The van der Waals surface area contributed by atoms with Gasteiger partial charge in [-0.25, -0.2) is 23.1 Å². The normalized spacial score (nSPS) is 11.5. The Hall–Kier alpha value is -3.07. The van der Waals surface area contributed by atoms with E-state index >= 15 is 0 Å². The Morgan fingerprint density at radius 3 is 2.34 bits per heavy atom. The summed E-state index contributed by atoms with van der Waals surface area (Å²) >= 11 is 0. The zero-order valence-electron chi connectivity index (χ0n) is 17.0. The van der Waals surface area contributed by atoms with E-state index in [9.17, 15) is 13.2 Å². The lowest BCUT2D eigenvalue weighted by Gasteiger charge is -2.08. The van der Waals surface area contributed by atoms with Gasteiger partial charge in [-0.2, -0.15) is 5.10 Å². The monoisotopic (exact) mass is 413 g/mol. The first kappa shape index (κ1) is 20.7. The molecule has 1 aromatic carbocycles. The van der Waals surface area contributed by atoms with Crippen molar-refractivity contribution in [2.24, 2.45) is 0 Å². The number of benzene rings is 1. The van der Waals surface area contributed by atoms with Gasteiger partial charge in [0.2, 0.25) is 5.91 Å². The number of carbonyl (C=O) groups is 1. The first-order chi connectivity index (χ1) is 13.5. The Balaban J connectivity index is 1.84. The first-order valence-electron chi connectivity index (χ1n) is 9.02. The predicted molar refractivity (Wildman–Crippen MR) is 110 cm³/mol. The summed E-state index contributed by atoms with van der Waals surface area (Å²) in [7, 11) is -3.35. The Bertz CT molecular complexity index is 1180. The van der Waals surface area contributed by atoms with E-state index < -0.39 is 9.84 Å². The third-order valence-corrected chi connectivity index (χ3v) is 5.59. The summed E-state index contributed by atoms with van der Waals surface area (Å²) in [6.07, 6.45) is 1.23. The van der Waals surface area contributed by atoms with E-state index in [2.05, 4.69) is 20.4 Å². The smallest absolute Gasteiger partial charge is 0.251 e. The van der Waals surface area contributed by atoms with Crippen LogP contribution in [-0.2, 0) is 21.1 Å². The minimum atomic E-state index is -3.35. The van der Waals surface area contributed by atoms with Crippen molar-refractivity contribution in [3.05, 3.63) is 58.7 Å². The van der Waals surface area contributed by atoms with Crippen LogP contribution in [0.1, 0.15) is 28.3 Å². The first-order valence-corrected chi connectivity index (χ1v) is 10.9. The van der Waals surface area contributed by atoms with Gasteiger partial charge in [-0.15, -0.1) is 0 Å². The van der Waals surface area contributed by atoms with Gasteiger partial charge in [0.05, 0.1) is 17.0 Å². The molecule has 0 aliphatic carbocycles. The zero-order valence-corrected chi connectivity index (χ0v) is 17.8. The zero-order chi connectivity index (χ0) is 21.3. The lowest BCUT2D eigenvalue weighted by molar-refractivity contribution is -0.115. The molecule has 0 aliphatic heterocycles. The average molecular weight is 414 g/mol. The third kappa shape index (κ3) is 4.68. The van der Waals surface area contributed by atoms with Crippen LogP contribution in [-0.4, -0.2) is 40.3 Å². The highest BCUT2D eigenvalue weighted by Gasteiger charge is 2.18. The molecule has 0 aliphatic rings. The molecule has 8 nitrogen and oxygen atoms in total. The van der Waals surface area contributed by atoms with Crippen LogP contribution in [0.2, 0.25) is 0 Å². The highest BCUT2D eigenvalue weighted by Crippen LogP contribution is 2.19. The molecule has 3 aromatic rings. The quantitative estimate of drug-likeness (QED) is 0.689. The molecule has 0 unspecified atom stereocenters. The fourth-order valence-electron chi connectivity index (χ4n) is 3.10. The van der Waals surface area contributed by atoms with Crippen molar-refractivity contribution < 1.29 is 13.2 Å². The summed E-state index contributed by atoms with van der Waals surface area (Å²) in [5, 5.41) is 7.25. The van der Waals surface area contributed by atoms with E-state index in [-0.39, 0.29) is 17.2 Å². The molecule has 2 aromatic heterocycles. The Morgan fingerprint density at radius 1 is 1.07 bits per heavy atom. The van der Waals surface area contributed by atoms with Crippen molar-refractivity contribution in [3.63, 3.8) is 0 Å². The van der Waals surface area contributed by atoms with Gasteiger partial charge >= 0.3 is 0 Å². The van der Waals surface area contributed by atoms with Crippen LogP contribution in [0, 0.1) is 27.7 Å². The van der Waals surface area contributed by atoms with Crippen molar-refractivity contribution in [3.8, 4) is 5.95 Å². The van der Waals surface area contributed by atoms with Crippen LogP contribution in [0.15, 0.2) is 35.2 Å². The van der Waals surface area contributed by atoms with Gasteiger partial charge in [-0.3, -0.25) is 4.79 Å². The van der Waals surface area contributed by atoms with E-state index in [1.807, 2.05) is 33.8 Å². The van der Waals surface area contributed by atoms with Crippen molar-refractivity contribution >= 4 is 21.4 Å². The summed E-state index contributed by atoms with van der Waals surface area (Å²) in [5.41, 5.74) is 4.39. The van der Waals surface area contributed by atoms with Crippen LogP contribution in [0.3, 0.4) is 0 Å². The molecule has 2 heterocycles. The summed E-state index contributed by atoms with van der Waals surface area (Å²) in [5.74, 6) is 0.207. The summed E-state index contributed by atoms with van der Waals surface area (Å²) in [4.78, 5) is 21.6. The van der Waals surface area contributed by atoms with Crippen molar-refractivity contribution in [1.29, 1.82) is 0 Å². The molecule has 0 radical (unpaired) electrons.